The van der Waals surface area contributed by atoms with Crippen molar-refractivity contribution < 1.29 is 27.5 Å². The highest BCUT2D eigenvalue weighted by atomic mass is 32.2. The Balaban J connectivity index is 1.54. The zero-order valence-corrected chi connectivity index (χ0v) is 17.4. The third-order valence-electron chi connectivity index (χ3n) is 4.85. The predicted octanol–water partition coefficient (Wildman–Crippen LogP) is 3.57. The summed E-state index contributed by atoms with van der Waals surface area (Å²) in [5.41, 5.74) is 3.67. The van der Waals surface area contributed by atoms with E-state index in [1.54, 1.807) is 36.4 Å². The van der Waals surface area contributed by atoms with Gasteiger partial charge in [-0.25, -0.2) is 13.9 Å². The summed E-state index contributed by atoms with van der Waals surface area (Å²) in [6.45, 7) is 0.245. The molecular formula is C23H21NO6S. The number of benzene rings is 3. The van der Waals surface area contributed by atoms with Crippen LogP contribution >= 0.6 is 0 Å². The number of fused-ring (bicyclic) bond motifs is 1. The van der Waals surface area contributed by atoms with Gasteiger partial charge in [-0.3, -0.25) is 9.63 Å². The highest BCUT2D eigenvalue weighted by molar-refractivity contribution is 7.91. The highest BCUT2D eigenvalue weighted by Crippen LogP contribution is 2.38. The minimum atomic E-state index is -3.86. The molecule has 0 spiro atoms. The summed E-state index contributed by atoms with van der Waals surface area (Å²) in [5.74, 6) is 0.444. The fourth-order valence-corrected chi connectivity index (χ4v) is 5.02. The third-order valence-corrected chi connectivity index (χ3v) is 6.97. The molecule has 8 heteroatoms. The van der Waals surface area contributed by atoms with Gasteiger partial charge in [0.15, 0.2) is 21.3 Å². The second-order valence-corrected chi connectivity index (χ2v) is 9.09. The number of amides is 1. The van der Waals surface area contributed by atoms with E-state index in [1.165, 1.54) is 12.1 Å². The lowest BCUT2D eigenvalue weighted by Crippen LogP contribution is -2.28. The molecule has 3 aromatic rings. The lowest BCUT2D eigenvalue weighted by molar-refractivity contribution is -0.134. The Morgan fingerprint density at radius 2 is 1.61 bits per heavy atom. The zero-order valence-electron chi connectivity index (χ0n) is 16.6. The minimum absolute atomic E-state index is 0.0721. The number of hydroxylamine groups is 1. The van der Waals surface area contributed by atoms with Gasteiger partial charge in [-0.15, -0.1) is 0 Å². The summed E-state index contributed by atoms with van der Waals surface area (Å²) < 4.78 is 37.4. The molecular weight excluding hydrogens is 418 g/mol. The molecule has 160 valence electrons. The van der Waals surface area contributed by atoms with E-state index in [9.17, 15) is 13.2 Å². The summed E-state index contributed by atoms with van der Waals surface area (Å²) in [7, 11) is -3.86. The van der Waals surface area contributed by atoms with Crippen LogP contribution in [0.25, 0.3) is 0 Å². The number of carbonyl (C=O) groups excluding carboxylic acids is 1. The Morgan fingerprint density at radius 3 is 2.35 bits per heavy atom. The molecule has 0 bridgehead atoms. The minimum Gasteiger partial charge on any atom is -0.454 e. The normalized spacial score (nSPS) is 13.5. The van der Waals surface area contributed by atoms with E-state index in [0.29, 0.717) is 17.1 Å². The monoisotopic (exact) mass is 439 g/mol. The van der Waals surface area contributed by atoms with Gasteiger partial charge in [0, 0.05) is 6.42 Å². The molecule has 0 saturated carbocycles. The number of ether oxygens (including phenoxy) is 2. The first kappa shape index (κ1) is 20.9. The molecule has 0 aliphatic carbocycles. The molecule has 0 radical (unpaired) electrons. The van der Waals surface area contributed by atoms with Crippen molar-refractivity contribution in [1.82, 2.24) is 5.48 Å². The van der Waals surface area contributed by atoms with Gasteiger partial charge in [-0.1, -0.05) is 54.6 Å². The number of hydrogen-bond donors (Lipinski definition) is 1. The topological polar surface area (TPSA) is 90.9 Å². The fourth-order valence-electron chi connectivity index (χ4n) is 3.28. The Morgan fingerprint density at radius 1 is 0.935 bits per heavy atom. The number of nitrogens with one attached hydrogen (secondary N) is 1. The summed E-state index contributed by atoms with van der Waals surface area (Å²) in [4.78, 5) is 18.0. The quantitative estimate of drug-likeness (QED) is 0.540. The van der Waals surface area contributed by atoms with Crippen LogP contribution in [0.3, 0.4) is 0 Å². The van der Waals surface area contributed by atoms with Gasteiger partial charge in [-0.2, -0.15) is 0 Å². The Labute approximate surface area is 180 Å². The largest absolute Gasteiger partial charge is 0.454 e. The summed E-state index contributed by atoms with van der Waals surface area (Å²) in [5, 5.41) is -1.12. The van der Waals surface area contributed by atoms with Gasteiger partial charge in [0.05, 0.1) is 16.8 Å². The van der Waals surface area contributed by atoms with Crippen LogP contribution in [-0.4, -0.2) is 21.1 Å². The molecule has 0 saturated heterocycles. The van der Waals surface area contributed by atoms with Gasteiger partial charge < -0.3 is 9.47 Å². The maximum atomic E-state index is 13.4. The lowest BCUT2D eigenvalue weighted by Gasteiger charge is -2.18. The van der Waals surface area contributed by atoms with E-state index in [4.69, 9.17) is 14.3 Å². The maximum Gasteiger partial charge on any atom is 0.245 e. The third kappa shape index (κ3) is 4.87. The smallest absolute Gasteiger partial charge is 0.245 e. The molecule has 1 heterocycles. The van der Waals surface area contributed by atoms with Gasteiger partial charge in [0.2, 0.25) is 12.7 Å². The first-order valence-corrected chi connectivity index (χ1v) is 11.2. The van der Waals surface area contributed by atoms with Crippen molar-refractivity contribution in [3.05, 3.63) is 90.0 Å². The summed E-state index contributed by atoms with van der Waals surface area (Å²) >= 11 is 0. The number of sulfone groups is 1. The molecule has 1 aliphatic heterocycles. The molecule has 7 nitrogen and oxygen atoms in total. The van der Waals surface area contributed by atoms with Crippen molar-refractivity contribution >= 4 is 15.7 Å². The SMILES string of the molecule is O=C(CC(c1ccc2c(c1)OCO2)S(=O)(=O)c1ccccc1)NOCc1ccccc1. The summed E-state index contributed by atoms with van der Waals surface area (Å²) in [6, 6.07) is 22.3. The molecule has 31 heavy (non-hydrogen) atoms. The highest BCUT2D eigenvalue weighted by Gasteiger charge is 2.32. The van der Waals surface area contributed by atoms with Gasteiger partial charge >= 0.3 is 0 Å². The number of hydrogen-bond acceptors (Lipinski definition) is 6. The van der Waals surface area contributed by atoms with E-state index < -0.39 is 21.0 Å². The molecule has 1 aliphatic rings. The van der Waals surface area contributed by atoms with Gasteiger partial charge in [-0.05, 0) is 35.4 Å². The zero-order chi connectivity index (χ0) is 21.7. The van der Waals surface area contributed by atoms with Gasteiger partial charge in [0.25, 0.3) is 0 Å². The molecule has 3 aromatic carbocycles. The Kier molecular flexibility index (Phi) is 6.20. The lowest BCUT2D eigenvalue weighted by atomic mass is 10.1. The van der Waals surface area contributed by atoms with Crippen molar-refractivity contribution in [2.45, 2.75) is 23.2 Å². The predicted molar refractivity (Wildman–Crippen MR) is 113 cm³/mol. The van der Waals surface area contributed by atoms with E-state index >= 15 is 0 Å². The molecule has 1 amide bonds. The van der Waals surface area contributed by atoms with E-state index in [-0.39, 0.29) is 24.7 Å². The van der Waals surface area contributed by atoms with Crippen molar-refractivity contribution in [1.29, 1.82) is 0 Å². The molecule has 1 unspecified atom stereocenters. The first-order valence-electron chi connectivity index (χ1n) is 9.67. The van der Waals surface area contributed by atoms with Gasteiger partial charge in [0.1, 0.15) is 0 Å². The van der Waals surface area contributed by atoms with Crippen LogP contribution in [0.1, 0.15) is 22.8 Å². The van der Waals surface area contributed by atoms with Crippen LogP contribution in [0, 0.1) is 0 Å². The van der Waals surface area contributed by atoms with Crippen molar-refractivity contribution in [2.75, 3.05) is 6.79 Å². The van der Waals surface area contributed by atoms with Crippen molar-refractivity contribution in [3.63, 3.8) is 0 Å². The maximum absolute atomic E-state index is 13.4. The van der Waals surface area contributed by atoms with E-state index in [2.05, 4.69) is 5.48 Å². The Bertz CT molecular complexity index is 1150. The second-order valence-electron chi connectivity index (χ2n) is 6.96. The van der Waals surface area contributed by atoms with Crippen LogP contribution in [0.5, 0.6) is 11.5 Å². The molecule has 1 N–H and O–H groups in total. The van der Waals surface area contributed by atoms with Crippen LogP contribution in [0.4, 0.5) is 0 Å². The first-order chi connectivity index (χ1) is 15.0. The molecule has 1 atom stereocenters. The van der Waals surface area contributed by atoms with Crippen LogP contribution < -0.4 is 15.0 Å². The van der Waals surface area contributed by atoms with Crippen LogP contribution in [-0.2, 0) is 26.1 Å². The van der Waals surface area contributed by atoms with Crippen LogP contribution in [0.15, 0.2) is 83.8 Å². The second kappa shape index (κ2) is 9.20. The van der Waals surface area contributed by atoms with E-state index in [1.807, 2.05) is 30.3 Å². The number of rotatable bonds is 8. The molecule has 0 aromatic heterocycles. The van der Waals surface area contributed by atoms with E-state index in [0.717, 1.165) is 5.56 Å². The number of carbonyl (C=O) groups is 1. The fraction of sp³-hybridized carbons (Fsp3) is 0.174. The molecule has 4 rings (SSSR count). The average molecular weight is 439 g/mol. The van der Waals surface area contributed by atoms with Crippen molar-refractivity contribution in [3.8, 4) is 11.5 Å². The van der Waals surface area contributed by atoms with Crippen LogP contribution in [0.2, 0.25) is 0 Å². The summed E-state index contributed by atoms with van der Waals surface area (Å²) in [6.07, 6.45) is -0.314. The standard InChI is InChI=1S/C23H21NO6S/c25-23(24-30-15-17-7-3-1-4-8-17)14-22(31(26,27)19-9-5-2-6-10-19)18-11-12-20-21(13-18)29-16-28-20/h1-13,22H,14-16H2,(H,24,25). The molecule has 0 fully saturated rings. The van der Waals surface area contributed by atoms with Crippen molar-refractivity contribution in [2.24, 2.45) is 0 Å². The Hall–Kier alpha value is -3.36. The average Bonchev–Trinajstić information content (AvgIpc) is 3.26.